The van der Waals surface area contributed by atoms with E-state index in [0.29, 0.717) is 23.5 Å². The van der Waals surface area contributed by atoms with Gasteiger partial charge in [-0.1, -0.05) is 32.0 Å². The van der Waals surface area contributed by atoms with Crippen molar-refractivity contribution in [2.24, 2.45) is 0 Å². The van der Waals surface area contributed by atoms with Crippen molar-refractivity contribution in [3.8, 4) is 0 Å². The second kappa shape index (κ2) is 11.1. The number of amides is 3. The van der Waals surface area contributed by atoms with Crippen LogP contribution in [-0.2, 0) is 0 Å². The van der Waals surface area contributed by atoms with E-state index in [2.05, 4.69) is 34.7 Å². The second-order valence-corrected chi connectivity index (χ2v) is 6.85. The minimum Gasteiger partial charge on any atom is -0.377 e. The number of urea groups is 1. The van der Waals surface area contributed by atoms with Crippen molar-refractivity contribution < 1.29 is 9.59 Å². The predicted octanol–water partition coefficient (Wildman–Crippen LogP) is 3.47. The maximum absolute atomic E-state index is 12.8. The number of nitrogens with zero attached hydrogens (tertiary/aromatic N) is 2. The minimum atomic E-state index is -0.360. The van der Waals surface area contributed by atoms with Crippen LogP contribution in [0.3, 0.4) is 0 Å². The van der Waals surface area contributed by atoms with E-state index in [0.717, 1.165) is 25.3 Å². The Morgan fingerprint density at radius 1 is 0.897 bits per heavy atom. The van der Waals surface area contributed by atoms with Crippen molar-refractivity contribution in [3.63, 3.8) is 0 Å². The van der Waals surface area contributed by atoms with Gasteiger partial charge in [-0.2, -0.15) is 0 Å². The zero-order valence-electron chi connectivity index (χ0n) is 17.7. The summed E-state index contributed by atoms with van der Waals surface area (Å²) < 4.78 is 0. The highest BCUT2D eigenvalue weighted by Crippen LogP contribution is 2.23. The summed E-state index contributed by atoms with van der Waals surface area (Å²) in [4.78, 5) is 29.2. The van der Waals surface area contributed by atoms with Gasteiger partial charge in [0.25, 0.3) is 5.91 Å². The molecular weight excluding hydrogens is 366 g/mol. The Morgan fingerprint density at radius 3 is 2.17 bits per heavy atom. The summed E-state index contributed by atoms with van der Waals surface area (Å²) in [5.74, 6) is -0.159. The Hall–Kier alpha value is -3.06. The fourth-order valence-corrected chi connectivity index (χ4v) is 2.96. The number of hydrogen-bond donors (Lipinski definition) is 3. The third kappa shape index (κ3) is 6.80. The van der Waals surface area contributed by atoms with Crippen molar-refractivity contribution in [2.45, 2.75) is 13.8 Å². The average Bonchev–Trinajstić information content (AvgIpc) is 2.71. The number of benzene rings is 2. The summed E-state index contributed by atoms with van der Waals surface area (Å²) in [6.07, 6.45) is 0. The van der Waals surface area contributed by atoms with Gasteiger partial charge in [-0.3, -0.25) is 4.79 Å². The highest BCUT2D eigenvalue weighted by atomic mass is 16.2. The lowest BCUT2D eigenvalue weighted by molar-refractivity contribution is 0.0949. The molecule has 0 aromatic heterocycles. The van der Waals surface area contributed by atoms with E-state index in [4.69, 9.17) is 0 Å². The fraction of sp³-hybridized carbons (Fsp3) is 0.364. The maximum atomic E-state index is 12.8. The summed E-state index contributed by atoms with van der Waals surface area (Å²) >= 11 is 0. The fourth-order valence-electron chi connectivity index (χ4n) is 2.96. The lowest BCUT2D eigenvalue weighted by atomic mass is 10.1. The van der Waals surface area contributed by atoms with Crippen LogP contribution in [0.25, 0.3) is 0 Å². The standard InChI is InChI=1S/C22H31N5O2/c1-5-27(6-2)15-14-23-21(28)19-16-18(12-13-20(19)26(3)4)25-22(29)24-17-10-8-7-9-11-17/h7-13,16H,5-6,14-15H2,1-4H3,(H,23,28)(H2,24,25,29). The zero-order valence-corrected chi connectivity index (χ0v) is 17.7. The van der Waals surface area contributed by atoms with E-state index >= 15 is 0 Å². The molecule has 156 valence electrons. The highest BCUT2D eigenvalue weighted by molar-refractivity contribution is 6.03. The van der Waals surface area contributed by atoms with Gasteiger partial charge in [0, 0.05) is 44.2 Å². The van der Waals surface area contributed by atoms with Crippen molar-refractivity contribution in [2.75, 3.05) is 55.8 Å². The number of carbonyl (C=O) groups excluding carboxylic acids is 2. The molecule has 0 bridgehead atoms. The molecule has 0 atom stereocenters. The zero-order chi connectivity index (χ0) is 21.2. The number of hydrogen-bond acceptors (Lipinski definition) is 4. The van der Waals surface area contributed by atoms with E-state index in [1.165, 1.54) is 0 Å². The van der Waals surface area contributed by atoms with E-state index in [1.807, 2.05) is 55.4 Å². The Kier molecular flexibility index (Phi) is 8.48. The number of likely N-dealkylation sites (N-methyl/N-ethyl adjacent to an activating group) is 1. The molecule has 3 N–H and O–H groups in total. The van der Waals surface area contributed by atoms with Gasteiger partial charge in [-0.05, 0) is 43.4 Å². The quantitative estimate of drug-likeness (QED) is 0.606. The topological polar surface area (TPSA) is 76.7 Å². The van der Waals surface area contributed by atoms with Gasteiger partial charge in [-0.25, -0.2) is 4.79 Å². The number of para-hydroxylation sites is 1. The molecule has 7 nitrogen and oxygen atoms in total. The SMILES string of the molecule is CCN(CC)CCNC(=O)c1cc(NC(=O)Nc2ccccc2)ccc1N(C)C. The first kappa shape index (κ1) is 22.2. The molecule has 2 aromatic rings. The van der Waals surface area contributed by atoms with E-state index < -0.39 is 0 Å². The highest BCUT2D eigenvalue weighted by Gasteiger charge is 2.15. The van der Waals surface area contributed by atoms with Crippen LogP contribution >= 0.6 is 0 Å². The van der Waals surface area contributed by atoms with Crippen molar-refractivity contribution in [1.29, 1.82) is 0 Å². The maximum Gasteiger partial charge on any atom is 0.323 e. The lowest BCUT2D eigenvalue weighted by Crippen LogP contribution is -2.35. The van der Waals surface area contributed by atoms with Crippen LogP contribution in [0.4, 0.5) is 21.9 Å². The molecule has 0 radical (unpaired) electrons. The smallest absolute Gasteiger partial charge is 0.323 e. The van der Waals surface area contributed by atoms with Crippen LogP contribution in [0.1, 0.15) is 24.2 Å². The van der Waals surface area contributed by atoms with Gasteiger partial charge in [0.05, 0.1) is 5.56 Å². The molecule has 0 heterocycles. The Bertz CT molecular complexity index is 804. The van der Waals surface area contributed by atoms with Gasteiger partial charge in [-0.15, -0.1) is 0 Å². The molecule has 2 aromatic carbocycles. The summed E-state index contributed by atoms with van der Waals surface area (Å²) in [7, 11) is 3.77. The van der Waals surface area contributed by atoms with Gasteiger partial charge in [0.15, 0.2) is 0 Å². The van der Waals surface area contributed by atoms with Crippen LogP contribution in [0.15, 0.2) is 48.5 Å². The minimum absolute atomic E-state index is 0.159. The normalized spacial score (nSPS) is 10.5. The molecule has 7 heteroatoms. The van der Waals surface area contributed by atoms with Gasteiger partial charge in [0.1, 0.15) is 0 Å². The number of carbonyl (C=O) groups is 2. The molecular formula is C22H31N5O2. The van der Waals surface area contributed by atoms with Gasteiger partial charge in [0.2, 0.25) is 0 Å². The van der Waals surface area contributed by atoms with Crippen LogP contribution in [0.5, 0.6) is 0 Å². The first-order chi connectivity index (χ1) is 13.9. The Labute approximate surface area is 173 Å². The van der Waals surface area contributed by atoms with Crippen molar-refractivity contribution in [1.82, 2.24) is 10.2 Å². The number of rotatable bonds is 9. The molecule has 0 aliphatic heterocycles. The Morgan fingerprint density at radius 2 is 1.55 bits per heavy atom. The van der Waals surface area contributed by atoms with Crippen LogP contribution in [0, 0.1) is 0 Å². The van der Waals surface area contributed by atoms with E-state index in [-0.39, 0.29) is 11.9 Å². The molecule has 0 aliphatic rings. The summed E-state index contributed by atoms with van der Waals surface area (Å²) in [6, 6.07) is 14.2. The number of nitrogens with one attached hydrogen (secondary N) is 3. The summed E-state index contributed by atoms with van der Waals surface area (Å²) in [5.41, 5.74) is 2.56. The molecule has 0 aliphatic carbocycles. The van der Waals surface area contributed by atoms with Gasteiger partial charge >= 0.3 is 6.03 Å². The molecule has 3 amide bonds. The first-order valence-corrected chi connectivity index (χ1v) is 9.89. The monoisotopic (exact) mass is 397 g/mol. The third-order valence-corrected chi connectivity index (χ3v) is 4.62. The lowest BCUT2D eigenvalue weighted by Gasteiger charge is -2.20. The van der Waals surface area contributed by atoms with Crippen molar-refractivity contribution >= 4 is 29.0 Å². The summed E-state index contributed by atoms with van der Waals surface area (Å²) in [6.45, 7) is 7.47. The molecule has 0 spiro atoms. The molecule has 0 saturated heterocycles. The summed E-state index contributed by atoms with van der Waals surface area (Å²) in [5, 5.41) is 8.54. The molecule has 0 saturated carbocycles. The first-order valence-electron chi connectivity index (χ1n) is 9.89. The largest absolute Gasteiger partial charge is 0.377 e. The third-order valence-electron chi connectivity index (χ3n) is 4.62. The molecule has 0 unspecified atom stereocenters. The Balaban J connectivity index is 2.07. The molecule has 0 fully saturated rings. The second-order valence-electron chi connectivity index (χ2n) is 6.85. The van der Waals surface area contributed by atoms with Crippen LogP contribution in [0.2, 0.25) is 0 Å². The molecule has 2 rings (SSSR count). The average molecular weight is 398 g/mol. The van der Waals surface area contributed by atoms with E-state index in [1.54, 1.807) is 12.1 Å². The number of anilines is 3. The van der Waals surface area contributed by atoms with Crippen LogP contribution in [-0.4, -0.2) is 57.1 Å². The molecule has 29 heavy (non-hydrogen) atoms. The van der Waals surface area contributed by atoms with Gasteiger partial charge < -0.3 is 25.8 Å². The van der Waals surface area contributed by atoms with Crippen LogP contribution < -0.4 is 20.9 Å². The predicted molar refractivity (Wildman–Crippen MR) is 120 cm³/mol. The van der Waals surface area contributed by atoms with E-state index in [9.17, 15) is 9.59 Å². The van der Waals surface area contributed by atoms with Crippen molar-refractivity contribution in [3.05, 3.63) is 54.1 Å².